The Balaban J connectivity index is 1.82. The van der Waals surface area contributed by atoms with Gasteiger partial charge in [0.15, 0.2) is 15.9 Å². The molecule has 3 rings (SSSR count). The number of carbonyl (C=O) groups is 1. The number of nitrogens with zero attached hydrogens (tertiary/aromatic N) is 3. The summed E-state index contributed by atoms with van der Waals surface area (Å²) in [5.74, 6) is -0.934. The summed E-state index contributed by atoms with van der Waals surface area (Å²) >= 11 is 0. The summed E-state index contributed by atoms with van der Waals surface area (Å²) in [6.07, 6.45) is -5.88. The first-order chi connectivity index (χ1) is 15.4. The number of anilines is 1. The minimum absolute atomic E-state index is 0.186. The van der Waals surface area contributed by atoms with E-state index in [1.807, 2.05) is 11.0 Å². The van der Waals surface area contributed by atoms with E-state index >= 15 is 0 Å². The van der Waals surface area contributed by atoms with E-state index in [0.29, 0.717) is 18.7 Å². The van der Waals surface area contributed by atoms with E-state index in [2.05, 4.69) is 0 Å². The van der Waals surface area contributed by atoms with E-state index in [4.69, 9.17) is 10.00 Å². The van der Waals surface area contributed by atoms with Crippen LogP contribution in [0.1, 0.15) is 22.8 Å². The van der Waals surface area contributed by atoms with Gasteiger partial charge in [-0.3, -0.25) is 4.79 Å². The Labute approximate surface area is 189 Å². The van der Waals surface area contributed by atoms with Gasteiger partial charge < -0.3 is 14.5 Å². The maximum absolute atomic E-state index is 13.2. The SMILES string of the molecule is C[C@@H](Oc1ccc(S(C)(=O)=O)cc1C(=O)N1CCN(c2ccc(C#N)cc2)CC1)C(F)(F)F. The van der Waals surface area contributed by atoms with E-state index < -0.39 is 28.0 Å². The summed E-state index contributed by atoms with van der Waals surface area (Å²) in [4.78, 5) is 16.5. The highest BCUT2D eigenvalue weighted by molar-refractivity contribution is 7.90. The van der Waals surface area contributed by atoms with Gasteiger partial charge in [-0.1, -0.05) is 0 Å². The molecule has 1 heterocycles. The molecule has 1 fully saturated rings. The van der Waals surface area contributed by atoms with Gasteiger partial charge in [0.1, 0.15) is 5.75 Å². The molecule has 0 saturated carbocycles. The molecule has 1 aliphatic heterocycles. The Hall–Kier alpha value is -3.26. The summed E-state index contributed by atoms with van der Waals surface area (Å²) < 4.78 is 67.9. The van der Waals surface area contributed by atoms with Crippen molar-refractivity contribution in [3.63, 3.8) is 0 Å². The molecule has 0 aliphatic carbocycles. The van der Waals surface area contributed by atoms with Gasteiger partial charge in [-0.25, -0.2) is 8.42 Å². The maximum Gasteiger partial charge on any atom is 0.425 e. The summed E-state index contributed by atoms with van der Waals surface area (Å²) in [6, 6.07) is 12.3. The summed E-state index contributed by atoms with van der Waals surface area (Å²) in [5, 5.41) is 8.92. The Morgan fingerprint density at radius 1 is 1.09 bits per heavy atom. The molecular formula is C22H22F3N3O4S. The molecule has 0 N–H and O–H groups in total. The lowest BCUT2D eigenvalue weighted by Gasteiger charge is -2.36. The number of halogens is 3. The minimum Gasteiger partial charge on any atom is -0.480 e. The van der Waals surface area contributed by atoms with Crippen molar-refractivity contribution in [2.24, 2.45) is 0 Å². The topological polar surface area (TPSA) is 90.7 Å². The number of rotatable bonds is 5. The Morgan fingerprint density at radius 2 is 1.70 bits per heavy atom. The molecular weight excluding hydrogens is 459 g/mol. The molecule has 1 saturated heterocycles. The molecule has 33 heavy (non-hydrogen) atoms. The predicted octanol–water partition coefficient (Wildman–Crippen LogP) is 3.25. The van der Waals surface area contributed by atoms with Crippen LogP contribution < -0.4 is 9.64 Å². The van der Waals surface area contributed by atoms with Crippen molar-refractivity contribution < 1.29 is 31.1 Å². The van der Waals surface area contributed by atoms with Crippen molar-refractivity contribution >= 4 is 21.4 Å². The van der Waals surface area contributed by atoms with Crippen LogP contribution >= 0.6 is 0 Å². The maximum atomic E-state index is 13.2. The molecule has 7 nitrogen and oxygen atoms in total. The van der Waals surface area contributed by atoms with Crippen LogP contribution in [0.2, 0.25) is 0 Å². The zero-order valence-corrected chi connectivity index (χ0v) is 18.8. The van der Waals surface area contributed by atoms with Crippen LogP contribution in [-0.4, -0.2) is 63.9 Å². The minimum atomic E-state index is -4.65. The van der Waals surface area contributed by atoms with Crippen LogP contribution in [0.25, 0.3) is 0 Å². The van der Waals surface area contributed by atoms with Crippen LogP contribution in [0.3, 0.4) is 0 Å². The van der Waals surface area contributed by atoms with Crippen LogP contribution in [-0.2, 0) is 9.84 Å². The third kappa shape index (κ3) is 5.76. The molecule has 2 aromatic rings. The molecule has 1 aliphatic rings. The average molecular weight is 481 g/mol. The first kappa shape index (κ1) is 24.4. The quantitative estimate of drug-likeness (QED) is 0.651. The van der Waals surface area contributed by atoms with Gasteiger partial charge in [-0.05, 0) is 49.4 Å². The second kappa shape index (κ2) is 9.31. The smallest absolute Gasteiger partial charge is 0.425 e. The molecule has 11 heteroatoms. The van der Waals surface area contributed by atoms with E-state index in [1.165, 1.54) is 4.90 Å². The van der Waals surface area contributed by atoms with Gasteiger partial charge in [0.25, 0.3) is 5.91 Å². The monoisotopic (exact) mass is 481 g/mol. The number of benzene rings is 2. The Morgan fingerprint density at radius 3 is 2.21 bits per heavy atom. The molecule has 2 aromatic carbocycles. The lowest BCUT2D eigenvalue weighted by atomic mass is 10.1. The van der Waals surface area contributed by atoms with Crippen LogP contribution in [0.15, 0.2) is 47.4 Å². The largest absolute Gasteiger partial charge is 0.480 e. The second-order valence-electron chi connectivity index (χ2n) is 7.67. The number of hydrogen-bond donors (Lipinski definition) is 0. The fourth-order valence-corrected chi connectivity index (χ4v) is 4.00. The molecule has 1 amide bonds. The van der Waals surface area contributed by atoms with Crippen LogP contribution in [0, 0.1) is 11.3 Å². The Kier molecular flexibility index (Phi) is 6.88. The highest BCUT2D eigenvalue weighted by Gasteiger charge is 2.39. The standard InChI is InChI=1S/C22H22F3N3O4S/c1-15(22(23,24)25)32-20-8-7-18(33(2,30)31)13-19(20)21(29)28-11-9-27(10-12-28)17-5-3-16(14-26)4-6-17/h3-8,13,15H,9-12H2,1-2H3/t15-/m1/s1. The van der Waals surface area contributed by atoms with Crippen molar-refractivity contribution in [3.05, 3.63) is 53.6 Å². The van der Waals surface area contributed by atoms with Crippen molar-refractivity contribution in [2.75, 3.05) is 37.3 Å². The fourth-order valence-electron chi connectivity index (χ4n) is 3.35. The van der Waals surface area contributed by atoms with Crippen molar-refractivity contribution in [3.8, 4) is 11.8 Å². The summed E-state index contributed by atoms with van der Waals surface area (Å²) in [7, 11) is -3.69. The number of alkyl halides is 3. The second-order valence-corrected chi connectivity index (χ2v) is 9.69. The molecule has 0 spiro atoms. The average Bonchev–Trinajstić information content (AvgIpc) is 2.77. The van der Waals surface area contributed by atoms with Gasteiger partial charge in [0.05, 0.1) is 22.1 Å². The van der Waals surface area contributed by atoms with Gasteiger partial charge in [-0.2, -0.15) is 18.4 Å². The molecule has 0 aromatic heterocycles. The zero-order valence-electron chi connectivity index (χ0n) is 18.0. The lowest BCUT2D eigenvalue weighted by molar-refractivity contribution is -0.189. The van der Waals surface area contributed by atoms with E-state index in [0.717, 1.165) is 37.1 Å². The molecule has 0 bridgehead atoms. The van der Waals surface area contributed by atoms with Crippen LogP contribution in [0.4, 0.5) is 18.9 Å². The van der Waals surface area contributed by atoms with Crippen LogP contribution in [0.5, 0.6) is 5.75 Å². The third-order valence-electron chi connectivity index (χ3n) is 5.30. The number of hydrogen-bond acceptors (Lipinski definition) is 6. The predicted molar refractivity (Wildman–Crippen MR) is 115 cm³/mol. The molecule has 176 valence electrons. The Bertz CT molecular complexity index is 1170. The summed E-state index contributed by atoms with van der Waals surface area (Å²) in [6.45, 7) is 2.28. The fraction of sp³-hybridized carbons (Fsp3) is 0.364. The number of nitriles is 1. The number of carbonyl (C=O) groups excluding carboxylic acids is 1. The van der Waals surface area contributed by atoms with Gasteiger partial charge in [-0.15, -0.1) is 0 Å². The lowest BCUT2D eigenvalue weighted by Crippen LogP contribution is -2.49. The highest BCUT2D eigenvalue weighted by atomic mass is 32.2. The number of ether oxygens (including phenoxy) is 1. The van der Waals surface area contributed by atoms with Gasteiger partial charge in [0, 0.05) is 38.1 Å². The van der Waals surface area contributed by atoms with E-state index in [1.54, 1.807) is 24.3 Å². The first-order valence-corrected chi connectivity index (χ1v) is 11.9. The zero-order chi connectivity index (χ0) is 24.4. The van der Waals surface area contributed by atoms with Crippen molar-refractivity contribution in [2.45, 2.75) is 24.1 Å². The molecule has 1 atom stereocenters. The summed E-state index contributed by atoms with van der Waals surface area (Å²) in [5.41, 5.74) is 1.17. The number of sulfone groups is 1. The molecule has 0 radical (unpaired) electrons. The highest BCUT2D eigenvalue weighted by Crippen LogP contribution is 2.30. The van der Waals surface area contributed by atoms with Gasteiger partial charge in [0.2, 0.25) is 0 Å². The van der Waals surface area contributed by atoms with E-state index in [9.17, 15) is 26.4 Å². The normalized spacial score (nSPS) is 15.6. The van der Waals surface area contributed by atoms with Crippen molar-refractivity contribution in [1.29, 1.82) is 5.26 Å². The molecule has 0 unspecified atom stereocenters. The third-order valence-corrected chi connectivity index (χ3v) is 6.41. The van der Waals surface area contributed by atoms with Crippen molar-refractivity contribution in [1.82, 2.24) is 4.90 Å². The number of piperazine rings is 1. The first-order valence-electron chi connectivity index (χ1n) is 10.0. The number of amides is 1. The van der Waals surface area contributed by atoms with Gasteiger partial charge >= 0.3 is 6.18 Å². The van der Waals surface area contributed by atoms with E-state index in [-0.39, 0.29) is 29.3 Å².